The summed E-state index contributed by atoms with van der Waals surface area (Å²) >= 11 is 0. The van der Waals surface area contributed by atoms with Crippen molar-refractivity contribution < 1.29 is 33.0 Å². The summed E-state index contributed by atoms with van der Waals surface area (Å²) in [5.74, 6) is -2.42. The molecule has 0 radical (unpaired) electrons. The molecule has 9 nitrogen and oxygen atoms in total. The third kappa shape index (κ3) is 5.07. The summed E-state index contributed by atoms with van der Waals surface area (Å²) < 4.78 is 34.5. The maximum atomic E-state index is 13.0. The number of hydrogen-bond donors (Lipinski definition) is 4. The van der Waals surface area contributed by atoms with Crippen LogP contribution in [0.1, 0.15) is 28.7 Å². The van der Waals surface area contributed by atoms with Crippen molar-refractivity contribution in [1.29, 1.82) is 0 Å². The van der Waals surface area contributed by atoms with Gasteiger partial charge >= 0.3 is 11.9 Å². The van der Waals surface area contributed by atoms with E-state index in [9.17, 15) is 23.1 Å². The normalized spacial score (nSPS) is 12.6. The molecule has 1 aliphatic rings. The number of aliphatic carboxylic acids is 1. The van der Waals surface area contributed by atoms with Crippen LogP contribution in [-0.2, 0) is 32.5 Å². The molecule has 4 rings (SSSR count). The summed E-state index contributed by atoms with van der Waals surface area (Å²) in [6.45, 7) is 3.59. The highest BCUT2D eigenvalue weighted by atomic mass is 32.2. The molecule has 1 amide bonds. The third-order valence-corrected chi connectivity index (χ3v) is 7.10. The number of ether oxygens (including phenoxy) is 1. The summed E-state index contributed by atoms with van der Waals surface area (Å²) in [6, 6.07) is 12.4. The first-order valence-electron chi connectivity index (χ1n) is 10.8. The Labute approximate surface area is 202 Å². The van der Waals surface area contributed by atoms with Gasteiger partial charge in [0.2, 0.25) is 0 Å². The van der Waals surface area contributed by atoms with E-state index >= 15 is 0 Å². The molecule has 0 atom stereocenters. The number of aryl methyl sites for hydroxylation is 2. The number of carbonyl (C=O) groups excluding carboxylic acids is 1. The maximum absolute atomic E-state index is 13.0. The minimum Gasteiger partial charge on any atom is -0.507 e. The van der Waals surface area contributed by atoms with Crippen molar-refractivity contribution in [3.05, 3.63) is 70.8 Å². The van der Waals surface area contributed by atoms with E-state index < -0.39 is 27.6 Å². The number of carbonyl (C=O) groups is 2. The Morgan fingerprint density at radius 3 is 2.46 bits per heavy atom. The summed E-state index contributed by atoms with van der Waals surface area (Å²) in [6.07, 6.45) is 2.08. The summed E-state index contributed by atoms with van der Waals surface area (Å²) in [7, 11) is -4.11. The number of aromatic hydroxyl groups is 1. The van der Waals surface area contributed by atoms with E-state index in [0.29, 0.717) is 35.5 Å². The quantitative estimate of drug-likeness (QED) is 0.376. The van der Waals surface area contributed by atoms with Gasteiger partial charge in [0.05, 0.1) is 0 Å². The van der Waals surface area contributed by atoms with E-state index in [1.54, 1.807) is 31.2 Å². The first kappa shape index (κ1) is 24.1. The topological polar surface area (TPSA) is 142 Å². The number of anilines is 2. The molecule has 3 aromatic rings. The highest BCUT2D eigenvalue weighted by Gasteiger charge is 2.25. The minimum atomic E-state index is -4.11. The highest BCUT2D eigenvalue weighted by molar-refractivity contribution is 7.92. The molecule has 10 heteroatoms. The number of nitrogens with one attached hydrogen (secondary N) is 2. The van der Waals surface area contributed by atoms with Crippen molar-refractivity contribution in [2.24, 2.45) is 0 Å². The Balaban J connectivity index is 1.67. The number of phenols is 1. The van der Waals surface area contributed by atoms with Crippen LogP contribution in [0.5, 0.6) is 17.2 Å². The van der Waals surface area contributed by atoms with Gasteiger partial charge in [-0.1, -0.05) is 12.1 Å². The summed E-state index contributed by atoms with van der Waals surface area (Å²) in [5, 5.41) is 21.6. The van der Waals surface area contributed by atoms with E-state index in [4.69, 9.17) is 9.84 Å². The zero-order valence-corrected chi connectivity index (χ0v) is 19.9. The van der Waals surface area contributed by atoms with Gasteiger partial charge in [0.25, 0.3) is 10.0 Å². The monoisotopic (exact) mass is 496 g/mol. The van der Waals surface area contributed by atoms with E-state index in [1.165, 1.54) is 18.2 Å². The third-order valence-electron chi connectivity index (χ3n) is 5.69. The molecule has 0 saturated carbocycles. The smallest absolute Gasteiger partial charge is 0.394 e. The summed E-state index contributed by atoms with van der Waals surface area (Å²) in [4.78, 5) is 22.3. The van der Waals surface area contributed by atoms with Gasteiger partial charge in [-0.15, -0.1) is 0 Å². The number of benzene rings is 3. The molecular weight excluding hydrogens is 472 g/mol. The van der Waals surface area contributed by atoms with Gasteiger partial charge in [-0.05, 0) is 80.1 Å². The van der Waals surface area contributed by atoms with E-state index in [1.807, 2.05) is 13.0 Å². The fourth-order valence-corrected chi connectivity index (χ4v) is 5.30. The van der Waals surface area contributed by atoms with Crippen LogP contribution in [-0.4, -0.2) is 30.5 Å². The van der Waals surface area contributed by atoms with Crippen LogP contribution in [0, 0.1) is 13.8 Å². The molecule has 3 aromatic carbocycles. The Kier molecular flexibility index (Phi) is 6.40. The number of amides is 1. The fourth-order valence-electron chi connectivity index (χ4n) is 4.14. The zero-order valence-electron chi connectivity index (χ0n) is 19.1. The van der Waals surface area contributed by atoms with Gasteiger partial charge in [0.15, 0.2) is 0 Å². The van der Waals surface area contributed by atoms with Gasteiger partial charge in [0, 0.05) is 23.0 Å². The van der Waals surface area contributed by atoms with Crippen LogP contribution in [0.2, 0.25) is 0 Å². The number of hydrogen-bond acceptors (Lipinski definition) is 6. The predicted octanol–water partition coefficient (Wildman–Crippen LogP) is 4.11. The van der Waals surface area contributed by atoms with E-state index in [0.717, 1.165) is 23.1 Å². The van der Waals surface area contributed by atoms with Crippen LogP contribution in [0.15, 0.2) is 53.4 Å². The number of phenolic OH excluding ortho intramolecular Hbond substituents is 1. The second-order valence-electron chi connectivity index (χ2n) is 8.35. The average molecular weight is 497 g/mol. The molecule has 0 aromatic heterocycles. The van der Waals surface area contributed by atoms with Crippen LogP contribution in [0.4, 0.5) is 11.4 Å². The molecule has 0 bridgehead atoms. The molecule has 0 unspecified atom stereocenters. The lowest BCUT2D eigenvalue weighted by molar-refractivity contribution is -0.147. The van der Waals surface area contributed by atoms with Crippen LogP contribution in [0.25, 0.3) is 0 Å². The van der Waals surface area contributed by atoms with Gasteiger partial charge in [0.1, 0.15) is 22.1 Å². The molecule has 35 heavy (non-hydrogen) atoms. The molecule has 0 heterocycles. The Bertz CT molecular complexity index is 1450. The standard InChI is InChI=1S/C25H24N2O7S/c1-14-5-3-6-16(11-14)27-35(32,33)22-13-17(9-10-21(22)28)34-23-15(2)12-20(26-24(29)25(30)31)18-7-4-8-19(18)23/h3,5-6,9-13,27-28H,4,7-8H2,1-2H3,(H,26,29)(H,30,31). The summed E-state index contributed by atoms with van der Waals surface area (Å²) in [5.41, 5.74) is 3.91. The largest absolute Gasteiger partial charge is 0.507 e. The van der Waals surface area contributed by atoms with Gasteiger partial charge < -0.3 is 20.3 Å². The number of sulfonamides is 1. The average Bonchev–Trinajstić information content (AvgIpc) is 3.27. The number of carboxylic acid groups (broad SMARTS) is 1. The number of carboxylic acids is 1. The minimum absolute atomic E-state index is 0.201. The zero-order chi connectivity index (χ0) is 25.3. The second-order valence-corrected chi connectivity index (χ2v) is 10.00. The molecule has 1 aliphatic carbocycles. The fraction of sp³-hybridized carbons (Fsp3) is 0.200. The van der Waals surface area contributed by atoms with Crippen LogP contribution < -0.4 is 14.8 Å². The van der Waals surface area contributed by atoms with E-state index in [2.05, 4.69) is 10.0 Å². The van der Waals surface area contributed by atoms with Crippen LogP contribution in [0.3, 0.4) is 0 Å². The Morgan fingerprint density at radius 1 is 1.00 bits per heavy atom. The lowest BCUT2D eigenvalue weighted by Gasteiger charge is -2.18. The lowest BCUT2D eigenvalue weighted by Crippen LogP contribution is -2.22. The first-order chi connectivity index (χ1) is 16.5. The SMILES string of the molecule is Cc1cccc(NS(=O)(=O)c2cc(Oc3c(C)cc(NC(=O)C(=O)O)c4c3CCC4)ccc2O)c1. The van der Waals surface area contributed by atoms with E-state index in [-0.39, 0.29) is 10.6 Å². The number of fused-ring (bicyclic) bond motifs is 1. The number of rotatable bonds is 6. The van der Waals surface area contributed by atoms with Crippen molar-refractivity contribution in [3.63, 3.8) is 0 Å². The Morgan fingerprint density at radius 2 is 1.74 bits per heavy atom. The van der Waals surface area contributed by atoms with Gasteiger partial charge in [-0.2, -0.15) is 0 Å². The maximum Gasteiger partial charge on any atom is 0.394 e. The molecule has 0 spiro atoms. The van der Waals surface area contributed by atoms with Gasteiger partial charge in [-0.25, -0.2) is 13.2 Å². The molecular formula is C25H24N2O7S. The lowest BCUT2D eigenvalue weighted by atomic mass is 10.0. The van der Waals surface area contributed by atoms with Crippen LogP contribution >= 0.6 is 0 Å². The van der Waals surface area contributed by atoms with Gasteiger partial charge in [-0.3, -0.25) is 9.52 Å². The predicted molar refractivity (Wildman–Crippen MR) is 130 cm³/mol. The highest BCUT2D eigenvalue weighted by Crippen LogP contribution is 2.41. The molecule has 0 fully saturated rings. The van der Waals surface area contributed by atoms with Crippen molar-refractivity contribution in [3.8, 4) is 17.2 Å². The van der Waals surface area contributed by atoms with Crippen molar-refractivity contribution in [2.75, 3.05) is 10.0 Å². The molecule has 0 saturated heterocycles. The molecule has 0 aliphatic heterocycles. The Hall–Kier alpha value is -4.05. The van der Waals surface area contributed by atoms with Crippen molar-refractivity contribution in [2.45, 2.75) is 38.0 Å². The molecule has 4 N–H and O–H groups in total. The first-order valence-corrected chi connectivity index (χ1v) is 12.3. The second kappa shape index (κ2) is 9.30. The van der Waals surface area contributed by atoms with Crippen molar-refractivity contribution >= 4 is 33.3 Å². The molecule has 182 valence electrons. The van der Waals surface area contributed by atoms with Crippen molar-refractivity contribution in [1.82, 2.24) is 0 Å².